The zero-order valence-corrected chi connectivity index (χ0v) is 13.4. The van der Waals surface area contributed by atoms with Gasteiger partial charge in [0.1, 0.15) is 17.2 Å². The molecule has 0 aliphatic carbocycles. The van der Waals surface area contributed by atoms with Crippen LogP contribution in [0, 0.1) is 0 Å². The number of furan rings is 1. The van der Waals surface area contributed by atoms with Crippen LogP contribution in [0.15, 0.2) is 69.7 Å². The summed E-state index contributed by atoms with van der Waals surface area (Å²) in [5, 5.41) is 17.4. The standard InChI is InChI=1S/C18H14N2O3S/c21-13-7-5-12(6-8-13)15-11-14(16-3-1-9-23-16)19-20(15)18(22)17-4-2-10-24-17/h1-10,15,21H,11H2/t15-/m1/s1. The Kier molecular flexibility index (Phi) is 3.66. The maximum absolute atomic E-state index is 12.8. The first kappa shape index (κ1) is 14.7. The van der Waals surface area contributed by atoms with E-state index in [1.165, 1.54) is 16.3 Å². The van der Waals surface area contributed by atoms with Crippen molar-refractivity contribution in [1.29, 1.82) is 0 Å². The van der Waals surface area contributed by atoms with Crippen LogP contribution < -0.4 is 0 Å². The molecule has 1 aliphatic rings. The molecule has 5 nitrogen and oxygen atoms in total. The summed E-state index contributed by atoms with van der Waals surface area (Å²) in [7, 11) is 0. The molecule has 3 heterocycles. The number of nitrogens with zero attached hydrogens (tertiary/aromatic N) is 2. The average Bonchev–Trinajstić information content (AvgIpc) is 3.34. The molecule has 0 unspecified atom stereocenters. The fourth-order valence-corrected chi connectivity index (χ4v) is 3.41. The number of carbonyl (C=O) groups excluding carboxylic acids is 1. The molecule has 4 rings (SSSR count). The largest absolute Gasteiger partial charge is 0.508 e. The lowest BCUT2D eigenvalue weighted by atomic mass is 10.0. The van der Waals surface area contributed by atoms with E-state index in [0.29, 0.717) is 17.1 Å². The molecule has 1 atom stereocenters. The van der Waals surface area contributed by atoms with Gasteiger partial charge in [0.2, 0.25) is 0 Å². The van der Waals surface area contributed by atoms with Gasteiger partial charge in [-0.05, 0) is 41.3 Å². The second-order valence-electron chi connectivity index (χ2n) is 5.46. The number of thiophene rings is 1. The molecule has 1 aliphatic heterocycles. The highest BCUT2D eigenvalue weighted by Crippen LogP contribution is 2.35. The summed E-state index contributed by atoms with van der Waals surface area (Å²) in [5.41, 5.74) is 1.66. The van der Waals surface area contributed by atoms with Gasteiger partial charge in [-0.15, -0.1) is 11.3 Å². The highest BCUT2D eigenvalue weighted by molar-refractivity contribution is 7.12. The van der Waals surface area contributed by atoms with Gasteiger partial charge in [0, 0.05) is 6.42 Å². The Hall–Kier alpha value is -2.86. The number of phenols is 1. The van der Waals surface area contributed by atoms with Gasteiger partial charge in [0.15, 0.2) is 0 Å². The Morgan fingerprint density at radius 2 is 2.04 bits per heavy atom. The molecule has 0 bridgehead atoms. The summed E-state index contributed by atoms with van der Waals surface area (Å²) in [6.07, 6.45) is 2.16. The molecule has 0 fully saturated rings. The van der Waals surface area contributed by atoms with Gasteiger partial charge < -0.3 is 9.52 Å². The highest BCUT2D eigenvalue weighted by Gasteiger charge is 2.34. The third-order valence-corrected chi connectivity index (χ3v) is 4.79. The minimum absolute atomic E-state index is 0.135. The first-order valence-electron chi connectivity index (χ1n) is 7.50. The van der Waals surface area contributed by atoms with Crippen molar-refractivity contribution in [2.24, 2.45) is 5.10 Å². The fourth-order valence-electron chi connectivity index (χ4n) is 2.76. The van der Waals surface area contributed by atoms with Crippen molar-refractivity contribution in [1.82, 2.24) is 5.01 Å². The first-order chi connectivity index (χ1) is 11.7. The molecule has 0 saturated carbocycles. The van der Waals surface area contributed by atoms with Crippen molar-refractivity contribution in [3.63, 3.8) is 0 Å². The number of aromatic hydroxyl groups is 1. The van der Waals surface area contributed by atoms with E-state index in [2.05, 4.69) is 5.10 Å². The minimum atomic E-state index is -0.222. The fraction of sp³-hybridized carbons (Fsp3) is 0.111. The molecular formula is C18H14N2O3S. The molecule has 120 valence electrons. The van der Waals surface area contributed by atoms with Crippen LogP contribution in [0.4, 0.5) is 0 Å². The van der Waals surface area contributed by atoms with Crippen LogP contribution in [0.1, 0.15) is 33.5 Å². The number of phenolic OH excluding ortho intramolecular Hbond substituents is 1. The zero-order chi connectivity index (χ0) is 16.5. The molecule has 1 N–H and O–H groups in total. The molecule has 1 amide bonds. The number of hydrogen-bond acceptors (Lipinski definition) is 5. The third kappa shape index (κ3) is 2.61. The monoisotopic (exact) mass is 338 g/mol. The average molecular weight is 338 g/mol. The van der Waals surface area contributed by atoms with Crippen LogP contribution in [-0.2, 0) is 0 Å². The van der Waals surface area contributed by atoms with Crippen LogP contribution >= 0.6 is 11.3 Å². The normalized spacial score (nSPS) is 17.1. The van der Waals surface area contributed by atoms with E-state index in [9.17, 15) is 9.90 Å². The highest BCUT2D eigenvalue weighted by atomic mass is 32.1. The predicted molar refractivity (Wildman–Crippen MR) is 91.2 cm³/mol. The molecule has 0 radical (unpaired) electrons. The SMILES string of the molecule is O=C(c1cccs1)N1N=C(c2ccco2)C[C@@H]1c1ccc(O)cc1. The molecular weight excluding hydrogens is 324 g/mol. The predicted octanol–water partition coefficient (Wildman–Crippen LogP) is 4.04. The van der Waals surface area contributed by atoms with Gasteiger partial charge in [-0.2, -0.15) is 5.10 Å². The Balaban J connectivity index is 1.72. The minimum Gasteiger partial charge on any atom is -0.508 e. The Bertz CT molecular complexity index is 868. The molecule has 2 aromatic heterocycles. The summed E-state index contributed by atoms with van der Waals surface area (Å²) in [6, 6.07) is 13.9. The smallest absolute Gasteiger partial charge is 0.284 e. The topological polar surface area (TPSA) is 66.0 Å². The van der Waals surface area contributed by atoms with Crippen LogP contribution in [-0.4, -0.2) is 21.7 Å². The van der Waals surface area contributed by atoms with Gasteiger partial charge >= 0.3 is 0 Å². The Morgan fingerprint density at radius 3 is 2.71 bits per heavy atom. The second-order valence-corrected chi connectivity index (χ2v) is 6.41. The van der Waals surface area contributed by atoms with Crippen LogP contribution in [0.2, 0.25) is 0 Å². The first-order valence-corrected chi connectivity index (χ1v) is 8.37. The van der Waals surface area contributed by atoms with Crippen molar-refractivity contribution in [2.75, 3.05) is 0 Å². The van der Waals surface area contributed by atoms with E-state index in [1.54, 1.807) is 30.5 Å². The molecule has 6 heteroatoms. The van der Waals surface area contributed by atoms with E-state index < -0.39 is 0 Å². The van der Waals surface area contributed by atoms with Gasteiger partial charge in [-0.1, -0.05) is 18.2 Å². The lowest BCUT2D eigenvalue weighted by molar-refractivity contribution is 0.0716. The number of amides is 1. The van der Waals surface area contributed by atoms with E-state index in [0.717, 1.165) is 11.3 Å². The third-order valence-electron chi connectivity index (χ3n) is 3.93. The molecule has 24 heavy (non-hydrogen) atoms. The summed E-state index contributed by atoms with van der Waals surface area (Å²) in [5.74, 6) is 0.727. The van der Waals surface area contributed by atoms with E-state index in [1.807, 2.05) is 29.6 Å². The van der Waals surface area contributed by atoms with Crippen molar-refractivity contribution < 1.29 is 14.3 Å². The van der Waals surface area contributed by atoms with Crippen molar-refractivity contribution in [3.05, 3.63) is 76.4 Å². The Labute approximate surface area is 142 Å². The molecule has 0 spiro atoms. The number of rotatable bonds is 3. The Morgan fingerprint density at radius 1 is 1.21 bits per heavy atom. The number of benzene rings is 1. The number of hydrogen-bond donors (Lipinski definition) is 1. The van der Waals surface area contributed by atoms with E-state index in [-0.39, 0.29) is 17.7 Å². The lowest BCUT2D eigenvalue weighted by Crippen LogP contribution is -2.26. The van der Waals surface area contributed by atoms with Crippen LogP contribution in [0.3, 0.4) is 0 Å². The van der Waals surface area contributed by atoms with Crippen molar-refractivity contribution in [3.8, 4) is 5.75 Å². The van der Waals surface area contributed by atoms with E-state index >= 15 is 0 Å². The summed E-state index contributed by atoms with van der Waals surface area (Å²) < 4.78 is 5.43. The van der Waals surface area contributed by atoms with Crippen molar-refractivity contribution in [2.45, 2.75) is 12.5 Å². The molecule has 3 aromatic rings. The summed E-state index contributed by atoms with van der Waals surface area (Å²) in [6.45, 7) is 0. The van der Waals surface area contributed by atoms with Gasteiger partial charge in [-0.3, -0.25) is 4.79 Å². The van der Waals surface area contributed by atoms with Crippen molar-refractivity contribution >= 4 is 23.0 Å². The van der Waals surface area contributed by atoms with Crippen LogP contribution in [0.25, 0.3) is 0 Å². The summed E-state index contributed by atoms with van der Waals surface area (Å²) >= 11 is 1.39. The molecule has 1 aromatic carbocycles. The van der Waals surface area contributed by atoms with Gasteiger partial charge in [-0.25, -0.2) is 5.01 Å². The molecule has 0 saturated heterocycles. The number of carbonyl (C=O) groups is 1. The zero-order valence-electron chi connectivity index (χ0n) is 12.6. The van der Waals surface area contributed by atoms with Gasteiger partial charge in [0.25, 0.3) is 5.91 Å². The van der Waals surface area contributed by atoms with Gasteiger partial charge in [0.05, 0.1) is 17.2 Å². The maximum atomic E-state index is 12.8. The maximum Gasteiger partial charge on any atom is 0.284 e. The van der Waals surface area contributed by atoms with E-state index in [4.69, 9.17) is 4.42 Å². The summed E-state index contributed by atoms with van der Waals surface area (Å²) in [4.78, 5) is 13.5. The number of hydrazone groups is 1. The quantitative estimate of drug-likeness (QED) is 0.784. The van der Waals surface area contributed by atoms with Crippen LogP contribution in [0.5, 0.6) is 5.75 Å². The lowest BCUT2D eigenvalue weighted by Gasteiger charge is -2.21. The second kappa shape index (κ2) is 5.98.